The first kappa shape index (κ1) is 13.8. The van der Waals surface area contributed by atoms with Crippen molar-refractivity contribution in [1.29, 1.82) is 0 Å². The van der Waals surface area contributed by atoms with Gasteiger partial charge >= 0.3 is 0 Å². The number of methoxy groups -OCH3 is 1. The maximum atomic E-state index is 9.46. The van der Waals surface area contributed by atoms with Crippen molar-refractivity contribution in [3.8, 4) is 11.5 Å². The topological polar surface area (TPSA) is 47.9 Å². The van der Waals surface area contributed by atoms with Crippen LogP contribution in [0.3, 0.4) is 0 Å². The van der Waals surface area contributed by atoms with E-state index in [-0.39, 0.29) is 0 Å². The number of benzene rings is 1. The van der Waals surface area contributed by atoms with E-state index in [0.717, 1.165) is 5.56 Å². The highest BCUT2D eigenvalue weighted by atomic mass is 16.5. The summed E-state index contributed by atoms with van der Waals surface area (Å²) < 4.78 is 15.9. The zero-order valence-corrected chi connectivity index (χ0v) is 10.6. The molecule has 0 aliphatic carbocycles. The Kier molecular flexibility index (Phi) is 5.80. The Morgan fingerprint density at radius 3 is 2.59 bits per heavy atom. The molecule has 1 atom stereocenters. The molecule has 0 unspecified atom stereocenters. The van der Waals surface area contributed by atoms with E-state index < -0.39 is 6.10 Å². The van der Waals surface area contributed by atoms with Crippen molar-refractivity contribution in [3.05, 3.63) is 23.8 Å². The van der Waals surface area contributed by atoms with E-state index >= 15 is 0 Å². The van der Waals surface area contributed by atoms with E-state index in [4.69, 9.17) is 14.2 Å². The van der Waals surface area contributed by atoms with Gasteiger partial charge in [-0.1, -0.05) is 6.07 Å². The van der Waals surface area contributed by atoms with Crippen molar-refractivity contribution in [1.82, 2.24) is 0 Å². The fourth-order valence-corrected chi connectivity index (χ4v) is 1.42. The molecule has 1 aromatic rings. The molecule has 1 rings (SSSR count). The number of hydrogen-bond donors (Lipinski definition) is 1. The van der Waals surface area contributed by atoms with Crippen molar-refractivity contribution >= 4 is 0 Å². The van der Waals surface area contributed by atoms with Crippen LogP contribution in [0.15, 0.2) is 18.2 Å². The van der Waals surface area contributed by atoms with Crippen LogP contribution in [0.1, 0.15) is 25.5 Å². The van der Waals surface area contributed by atoms with Gasteiger partial charge in [-0.05, 0) is 31.5 Å². The molecule has 0 amide bonds. The average molecular weight is 240 g/mol. The van der Waals surface area contributed by atoms with Gasteiger partial charge in [0.25, 0.3) is 0 Å². The Hall–Kier alpha value is -1.26. The van der Waals surface area contributed by atoms with Crippen LogP contribution in [0.4, 0.5) is 0 Å². The average Bonchev–Trinajstić information content (AvgIpc) is 2.34. The first-order valence-electron chi connectivity index (χ1n) is 5.75. The summed E-state index contributed by atoms with van der Waals surface area (Å²) >= 11 is 0. The molecule has 0 bridgehead atoms. The van der Waals surface area contributed by atoms with Gasteiger partial charge in [-0.3, -0.25) is 0 Å². The lowest BCUT2D eigenvalue weighted by Gasteiger charge is -2.13. The third-order valence-electron chi connectivity index (χ3n) is 2.36. The van der Waals surface area contributed by atoms with Crippen molar-refractivity contribution in [3.63, 3.8) is 0 Å². The van der Waals surface area contributed by atoms with Crippen molar-refractivity contribution in [2.45, 2.75) is 20.0 Å². The highest BCUT2D eigenvalue weighted by Crippen LogP contribution is 2.30. The van der Waals surface area contributed by atoms with Gasteiger partial charge in [0.05, 0.1) is 19.8 Å². The minimum atomic E-state index is -0.513. The summed E-state index contributed by atoms with van der Waals surface area (Å²) in [5.41, 5.74) is 0.805. The molecule has 0 radical (unpaired) electrons. The van der Waals surface area contributed by atoms with E-state index in [1.54, 1.807) is 26.2 Å². The predicted molar refractivity (Wildman–Crippen MR) is 65.6 cm³/mol. The fraction of sp³-hybridized carbons (Fsp3) is 0.538. The lowest BCUT2D eigenvalue weighted by molar-refractivity contribution is 0.109. The summed E-state index contributed by atoms with van der Waals surface area (Å²) in [5.74, 6) is 1.29. The van der Waals surface area contributed by atoms with Gasteiger partial charge in [0.2, 0.25) is 0 Å². The molecule has 0 fully saturated rings. The Morgan fingerprint density at radius 1 is 1.24 bits per heavy atom. The lowest BCUT2D eigenvalue weighted by Crippen LogP contribution is -2.07. The summed E-state index contributed by atoms with van der Waals surface area (Å²) in [6, 6.07) is 5.40. The Labute approximate surface area is 102 Å². The summed E-state index contributed by atoms with van der Waals surface area (Å²) in [5, 5.41) is 9.46. The number of aliphatic hydroxyl groups excluding tert-OH is 1. The molecule has 0 saturated heterocycles. The Morgan fingerprint density at radius 2 is 2.00 bits per heavy atom. The van der Waals surface area contributed by atoms with Crippen LogP contribution >= 0.6 is 0 Å². The molecule has 0 spiro atoms. The summed E-state index contributed by atoms with van der Waals surface area (Å²) in [6.45, 7) is 5.37. The zero-order chi connectivity index (χ0) is 12.7. The van der Waals surface area contributed by atoms with Gasteiger partial charge in [0.15, 0.2) is 11.5 Å². The molecule has 4 heteroatoms. The van der Waals surface area contributed by atoms with Crippen molar-refractivity contribution in [2.75, 3.05) is 26.9 Å². The molecule has 0 heterocycles. The molecule has 1 N–H and O–H groups in total. The number of hydrogen-bond acceptors (Lipinski definition) is 4. The molecule has 0 saturated carbocycles. The minimum Gasteiger partial charge on any atom is -0.493 e. The van der Waals surface area contributed by atoms with Gasteiger partial charge in [-0.15, -0.1) is 0 Å². The molecular weight excluding hydrogens is 220 g/mol. The van der Waals surface area contributed by atoms with Crippen LogP contribution in [-0.2, 0) is 4.74 Å². The van der Waals surface area contributed by atoms with Gasteiger partial charge < -0.3 is 19.3 Å². The number of rotatable bonds is 7. The van der Waals surface area contributed by atoms with Crippen LogP contribution in [0, 0.1) is 0 Å². The second-order valence-corrected chi connectivity index (χ2v) is 3.63. The standard InChI is InChI=1S/C13H20O4/c1-4-16-7-8-17-12-6-5-11(10(2)14)9-13(12)15-3/h5-6,9-10,14H,4,7-8H2,1-3H3/t10-/m0/s1. The predicted octanol–water partition coefficient (Wildman–Crippen LogP) is 2.16. The molecule has 1 aromatic carbocycles. The second kappa shape index (κ2) is 7.14. The molecule has 0 aliphatic heterocycles. The third-order valence-corrected chi connectivity index (χ3v) is 2.36. The highest BCUT2D eigenvalue weighted by Gasteiger charge is 2.08. The van der Waals surface area contributed by atoms with Crippen molar-refractivity contribution < 1.29 is 19.3 Å². The van der Waals surface area contributed by atoms with E-state index in [1.165, 1.54) is 0 Å². The summed E-state index contributed by atoms with van der Waals surface area (Å²) in [6.07, 6.45) is -0.513. The lowest BCUT2D eigenvalue weighted by atomic mass is 10.1. The van der Waals surface area contributed by atoms with Gasteiger partial charge in [0.1, 0.15) is 6.61 Å². The van der Waals surface area contributed by atoms with E-state index in [2.05, 4.69) is 0 Å². The molecule has 96 valence electrons. The van der Waals surface area contributed by atoms with E-state index in [9.17, 15) is 5.11 Å². The third kappa shape index (κ3) is 4.24. The van der Waals surface area contributed by atoms with Gasteiger partial charge in [0, 0.05) is 6.61 Å². The molecule has 0 aromatic heterocycles. The SMILES string of the molecule is CCOCCOc1ccc([C@H](C)O)cc1OC. The first-order chi connectivity index (χ1) is 8.19. The summed E-state index contributed by atoms with van der Waals surface area (Å²) in [7, 11) is 1.58. The molecule has 0 aliphatic rings. The first-order valence-corrected chi connectivity index (χ1v) is 5.75. The molecule has 17 heavy (non-hydrogen) atoms. The molecule has 4 nitrogen and oxygen atoms in total. The van der Waals surface area contributed by atoms with E-state index in [1.807, 2.05) is 13.0 Å². The van der Waals surface area contributed by atoms with Crippen LogP contribution < -0.4 is 9.47 Å². The largest absolute Gasteiger partial charge is 0.493 e. The highest BCUT2D eigenvalue weighted by molar-refractivity contribution is 5.43. The quantitative estimate of drug-likeness (QED) is 0.742. The van der Waals surface area contributed by atoms with Gasteiger partial charge in [-0.25, -0.2) is 0 Å². The zero-order valence-electron chi connectivity index (χ0n) is 10.6. The van der Waals surface area contributed by atoms with Crippen LogP contribution in [-0.4, -0.2) is 32.0 Å². The number of ether oxygens (including phenoxy) is 3. The normalized spacial score (nSPS) is 12.2. The monoisotopic (exact) mass is 240 g/mol. The number of aliphatic hydroxyl groups is 1. The minimum absolute atomic E-state index is 0.484. The fourth-order valence-electron chi connectivity index (χ4n) is 1.42. The Bertz CT molecular complexity index is 336. The smallest absolute Gasteiger partial charge is 0.161 e. The van der Waals surface area contributed by atoms with E-state index in [0.29, 0.717) is 31.3 Å². The summed E-state index contributed by atoms with van der Waals surface area (Å²) in [4.78, 5) is 0. The van der Waals surface area contributed by atoms with Crippen molar-refractivity contribution in [2.24, 2.45) is 0 Å². The maximum Gasteiger partial charge on any atom is 0.161 e. The maximum absolute atomic E-state index is 9.46. The van der Waals surface area contributed by atoms with Crippen LogP contribution in [0.2, 0.25) is 0 Å². The van der Waals surface area contributed by atoms with Gasteiger partial charge in [-0.2, -0.15) is 0 Å². The Balaban J connectivity index is 2.65. The second-order valence-electron chi connectivity index (χ2n) is 3.63. The molecular formula is C13H20O4. The van der Waals surface area contributed by atoms with Crippen LogP contribution in [0.5, 0.6) is 11.5 Å². The van der Waals surface area contributed by atoms with Crippen LogP contribution in [0.25, 0.3) is 0 Å².